The highest BCUT2D eigenvalue weighted by Gasteiger charge is 2.50. The van der Waals surface area contributed by atoms with Gasteiger partial charge in [-0.05, 0) is 50.8 Å². The molecule has 23 heavy (non-hydrogen) atoms. The highest BCUT2D eigenvalue weighted by molar-refractivity contribution is 9.10. The first-order chi connectivity index (χ1) is 10.8. The lowest BCUT2D eigenvalue weighted by atomic mass is 9.78. The van der Waals surface area contributed by atoms with Crippen LogP contribution in [0.3, 0.4) is 0 Å². The zero-order valence-corrected chi connectivity index (χ0v) is 14.0. The van der Waals surface area contributed by atoms with Gasteiger partial charge in [0.25, 0.3) is 0 Å². The molecular formula is C17H16BrNO4. The van der Waals surface area contributed by atoms with Gasteiger partial charge in [0, 0.05) is 37.7 Å². The number of phenolic OH excluding ortho intramolecular Hbond substituents is 3. The molecule has 4 rings (SSSR count). The van der Waals surface area contributed by atoms with Crippen molar-refractivity contribution in [2.45, 2.75) is 17.9 Å². The standard InChI is InChI=1S/C17H16BrNO4/c1-19-7-17(23)6-8-2-14(21)15(22)4-9(8)16(17)10-3-11(18)13(20)5-12(10)19/h2-5,16,20-23H,6-7H2,1H3/t16-,17-/m1/s1. The zero-order valence-electron chi connectivity index (χ0n) is 12.4. The summed E-state index contributed by atoms with van der Waals surface area (Å²) < 4.78 is 0.561. The van der Waals surface area contributed by atoms with Gasteiger partial charge in [0.05, 0.1) is 10.1 Å². The van der Waals surface area contributed by atoms with E-state index in [0.717, 1.165) is 22.4 Å². The quantitative estimate of drug-likeness (QED) is 0.530. The second kappa shape index (κ2) is 4.55. The minimum atomic E-state index is -1.01. The van der Waals surface area contributed by atoms with Crippen LogP contribution in [0.25, 0.3) is 0 Å². The Morgan fingerprint density at radius 2 is 1.74 bits per heavy atom. The van der Waals surface area contributed by atoms with Gasteiger partial charge in [-0.25, -0.2) is 0 Å². The van der Waals surface area contributed by atoms with E-state index in [9.17, 15) is 20.4 Å². The van der Waals surface area contributed by atoms with E-state index in [4.69, 9.17) is 0 Å². The smallest absolute Gasteiger partial charge is 0.157 e. The average molecular weight is 378 g/mol. The molecule has 2 aliphatic rings. The molecule has 5 nitrogen and oxygen atoms in total. The Morgan fingerprint density at radius 3 is 2.48 bits per heavy atom. The van der Waals surface area contributed by atoms with Gasteiger partial charge in [-0.15, -0.1) is 0 Å². The van der Waals surface area contributed by atoms with E-state index in [-0.39, 0.29) is 23.2 Å². The van der Waals surface area contributed by atoms with Crippen molar-refractivity contribution in [1.29, 1.82) is 0 Å². The van der Waals surface area contributed by atoms with Crippen molar-refractivity contribution in [3.8, 4) is 17.2 Å². The number of phenols is 3. The fraction of sp³-hybridized carbons (Fsp3) is 0.294. The third-order valence-corrected chi connectivity index (χ3v) is 5.55. The van der Waals surface area contributed by atoms with Gasteiger partial charge in [0.1, 0.15) is 5.75 Å². The maximum Gasteiger partial charge on any atom is 0.157 e. The fourth-order valence-corrected chi connectivity index (χ4v) is 4.37. The summed E-state index contributed by atoms with van der Waals surface area (Å²) in [5, 5.41) is 40.8. The summed E-state index contributed by atoms with van der Waals surface area (Å²) in [6.07, 6.45) is 0.406. The minimum Gasteiger partial charge on any atom is -0.507 e. The van der Waals surface area contributed by atoms with Crippen molar-refractivity contribution in [2.24, 2.45) is 0 Å². The van der Waals surface area contributed by atoms with Gasteiger partial charge in [-0.3, -0.25) is 0 Å². The summed E-state index contributed by atoms with van der Waals surface area (Å²) in [5.74, 6) is -0.530. The lowest BCUT2D eigenvalue weighted by Gasteiger charge is -2.42. The van der Waals surface area contributed by atoms with Gasteiger partial charge in [-0.1, -0.05) is 0 Å². The second-order valence-electron chi connectivity index (χ2n) is 6.47. The van der Waals surface area contributed by atoms with Crippen LogP contribution < -0.4 is 4.90 Å². The van der Waals surface area contributed by atoms with Gasteiger partial charge in [0.15, 0.2) is 11.5 Å². The molecule has 2 atom stereocenters. The summed E-state index contributed by atoms with van der Waals surface area (Å²) in [6.45, 7) is 0.405. The van der Waals surface area contributed by atoms with Crippen LogP contribution >= 0.6 is 15.9 Å². The van der Waals surface area contributed by atoms with Gasteiger partial charge >= 0.3 is 0 Å². The molecule has 0 saturated carbocycles. The Balaban J connectivity index is 1.99. The number of halogens is 1. The van der Waals surface area contributed by atoms with Crippen LogP contribution in [0, 0.1) is 0 Å². The van der Waals surface area contributed by atoms with E-state index >= 15 is 0 Å². The molecule has 1 aliphatic carbocycles. The predicted molar refractivity (Wildman–Crippen MR) is 89.3 cm³/mol. The highest BCUT2D eigenvalue weighted by atomic mass is 79.9. The molecule has 1 aliphatic heterocycles. The molecule has 4 N–H and O–H groups in total. The highest BCUT2D eigenvalue weighted by Crippen LogP contribution is 2.54. The van der Waals surface area contributed by atoms with Crippen molar-refractivity contribution in [3.63, 3.8) is 0 Å². The van der Waals surface area contributed by atoms with E-state index < -0.39 is 5.60 Å². The van der Waals surface area contributed by atoms with E-state index in [1.807, 2.05) is 18.0 Å². The van der Waals surface area contributed by atoms with Crippen LogP contribution in [0.1, 0.15) is 22.6 Å². The number of fused-ring (bicyclic) bond motifs is 5. The number of aromatic hydroxyl groups is 3. The number of likely N-dealkylation sites (N-methyl/N-ethyl adjacent to an activating group) is 1. The molecule has 0 amide bonds. The number of anilines is 1. The molecule has 2 aromatic carbocycles. The molecule has 0 aromatic heterocycles. The summed E-state index contributed by atoms with van der Waals surface area (Å²) in [5.41, 5.74) is 2.37. The maximum atomic E-state index is 11.2. The Bertz CT molecular complexity index is 838. The number of aliphatic hydroxyl groups is 1. The number of benzene rings is 2. The van der Waals surface area contributed by atoms with Gasteiger partial charge in [-0.2, -0.15) is 0 Å². The Labute approximate surface area is 141 Å². The van der Waals surface area contributed by atoms with Crippen LogP contribution in [-0.2, 0) is 6.42 Å². The van der Waals surface area contributed by atoms with Crippen LogP contribution in [0.15, 0.2) is 28.7 Å². The summed E-state index contributed by atoms with van der Waals surface area (Å²) in [4.78, 5) is 1.92. The van der Waals surface area contributed by atoms with Gasteiger partial charge in [0.2, 0.25) is 0 Å². The molecule has 0 spiro atoms. The molecule has 0 saturated heterocycles. The first kappa shape index (κ1) is 14.7. The number of hydrogen-bond donors (Lipinski definition) is 4. The van der Waals surface area contributed by atoms with Crippen molar-refractivity contribution in [2.75, 3.05) is 18.5 Å². The van der Waals surface area contributed by atoms with E-state index in [1.54, 1.807) is 6.07 Å². The molecule has 0 unspecified atom stereocenters. The second-order valence-corrected chi connectivity index (χ2v) is 7.33. The summed E-state index contributed by atoms with van der Waals surface area (Å²) in [6, 6.07) is 6.55. The van der Waals surface area contributed by atoms with Crippen LogP contribution in [-0.4, -0.2) is 39.6 Å². The fourth-order valence-electron chi connectivity index (χ4n) is 4.01. The third-order valence-electron chi connectivity index (χ3n) is 4.91. The third kappa shape index (κ3) is 1.95. The number of nitrogens with zero attached hydrogens (tertiary/aromatic N) is 1. The molecule has 0 fully saturated rings. The van der Waals surface area contributed by atoms with Gasteiger partial charge < -0.3 is 25.3 Å². The van der Waals surface area contributed by atoms with Crippen LogP contribution in [0.2, 0.25) is 0 Å². The Hall–Kier alpha value is -1.92. The maximum absolute atomic E-state index is 11.2. The predicted octanol–water partition coefficient (Wildman–Crippen LogP) is 2.43. The molecule has 2 aromatic rings. The van der Waals surface area contributed by atoms with Crippen molar-refractivity contribution in [1.82, 2.24) is 0 Å². The lowest BCUT2D eigenvalue weighted by molar-refractivity contribution is 0.0390. The molecule has 0 radical (unpaired) electrons. The zero-order chi connectivity index (χ0) is 16.5. The molecule has 1 heterocycles. The lowest BCUT2D eigenvalue weighted by Crippen LogP contribution is -2.49. The summed E-state index contributed by atoms with van der Waals surface area (Å²) >= 11 is 3.34. The van der Waals surface area contributed by atoms with E-state index in [2.05, 4.69) is 15.9 Å². The topological polar surface area (TPSA) is 84.2 Å². The first-order valence-corrected chi connectivity index (χ1v) is 8.10. The van der Waals surface area contributed by atoms with Crippen molar-refractivity contribution >= 4 is 21.6 Å². The Kier molecular flexibility index (Phi) is 2.90. The normalized spacial score (nSPS) is 25.0. The number of hydrogen-bond acceptors (Lipinski definition) is 5. The molecule has 0 bridgehead atoms. The summed E-state index contributed by atoms with van der Waals surface area (Å²) in [7, 11) is 1.87. The van der Waals surface area contributed by atoms with E-state index in [0.29, 0.717) is 17.4 Å². The van der Waals surface area contributed by atoms with Crippen molar-refractivity contribution < 1.29 is 20.4 Å². The monoisotopic (exact) mass is 377 g/mol. The molecule has 6 heteroatoms. The molecule has 120 valence electrons. The number of rotatable bonds is 0. The van der Waals surface area contributed by atoms with E-state index in [1.165, 1.54) is 12.1 Å². The Morgan fingerprint density at radius 1 is 1.04 bits per heavy atom. The first-order valence-electron chi connectivity index (χ1n) is 7.31. The molecular weight excluding hydrogens is 362 g/mol. The largest absolute Gasteiger partial charge is 0.507 e. The van der Waals surface area contributed by atoms with Crippen LogP contribution in [0.5, 0.6) is 17.2 Å². The minimum absolute atomic E-state index is 0.146. The SMILES string of the molecule is CN1C[C@]2(O)Cc3cc(O)c(O)cc3[C@@H]2c2cc(Br)c(O)cc21. The average Bonchev–Trinajstić information content (AvgIpc) is 2.73. The van der Waals surface area contributed by atoms with Crippen LogP contribution in [0.4, 0.5) is 5.69 Å². The van der Waals surface area contributed by atoms with Crippen molar-refractivity contribution in [3.05, 3.63) is 45.4 Å². The number of β-amino-alcohol motifs (C(OH)–C–C–N with tert-alkyl or cyclic N) is 1.